The summed E-state index contributed by atoms with van der Waals surface area (Å²) in [6.07, 6.45) is 3.64. The van der Waals surface area contributed by atoms with Gasteiger partial charge in [-0.05, 0) is 67.2 Å². The Morgan fingerprint density at radius 1 is 1.27 bits per heavy atom. The molecule has 0 radical (unpaired) electrons. The maximum Gasteiger partial charge on any atom is 0.251 e. The number of rotatable bonds is 4. The summed E-state index contributed by atoms with van der Waals surface area (Å²) in [5.41, 5.74) is 1.26. The molecule has 2 aliphatic carbocycles. The van der Waals surface area contributed by atoms with Gasteiger partial charge in [-0.2, -0.15) is 0 Å². The van der Waals surface area contributed by atoms with Crippen molar-refractivity contribution >= 4 is 5.91 Å². The second-order valence-electron chi connectivity index (χ2n) is 7.59. The number of fused-ring (bicyclic) bond motifs is 2. The second kappa shape index (κ2) is 5.29. The van der Waals surface area contributed by atoms with Crippen LogP contribution < -0.4 is 10.1 Å². The SMILES string of the molecule is CCOc1ccc(C(=O)N[C@@H]2C[C@H]3CC[C@]2(C)C3(C)C)cc1. The van der Waals surface area contributed by atoms with Gasteiger partial charge in [-0.3, -0.25) is 4.79 Å². The molecule has 2 saturated carbocycles. The standard InChI is InChI=1S/C19H27NO2/c1-5-22-15-8-6-13(7-9-15)17(21)20-16-12-14-10-11-19(16,4)18(14,2)3/h6-9,14,16H,5,10-12H2,1-4H3,(H,20,21)/t14-,16-,19+/m1/s1. The van der Waals surface area contributed by atoms with Crippen molar-refractivity contribution in [2.75, 3.05) is 6.61 Å². The van der Waals surface area contributed by atoms with E-state index in [1.165, 1.54) is 12.8 Å². The Morgan fingerprint density at radius 3 is 2.45 bits per heavy atom. The lowest BCUT2D eigenvalue weighted by atomic mass is 9.69. The van der Waals surface area contributed by atoms with E-state index in [9.17, 15) is 4.79 Å². The van der Waals surface area contributed by atoms with E-state index in [0.717, 1.165) is 18.1 Å². The van der Waals surface area contributed by atoms with Gasteiger partial charge in [-0.1, -0.05) is 20.8 Å². The number of carbonyl (C=O) groups is 1. The number of hydrogen-bond acceptors (Lipinski definition) is 2. The molecule has 3 atom stereocenters. The molecule has 2 aliphatic rings. The zero-order valence-corrected chi connectivity index (χ0v) is 14.1. The number of amides is 1. The Kier molecular flexibility index (Phi) is 3.70. The molecule has 0 saturated heterocycles. The molecule has 0 aromatic heterocycles. The Labute approximate surface area is 133 Å². The van der Waals surface area contributed by atoms with E-state index >= 15 is 0 Å². The number of benzene rings is 1. The molecule has 1 aromatic carbocycles. The van der Waals surface area contributed by atoms with Gasteiger partial charge in [0.2, 0.25) is 0 Å². The van der Waals surface area contributed by atoms with E-state index < -0.39 is 0 Å². The summed E-state index contributed by atoms with van der Waals surface area (Å²) in [6.45, 7) is 9.69. The highest BCUT2D eigenvalue weighted by molar-refractivity contribution is 5.94. The van der Waals surface area contributed by atoms with Gasteiger partial charge in [0.1, 0.15) is 5.75 Å². The van der Waals surface area contributed by atoms with Crippen LogP contribution in [0.25, 0.3) is 0 Å². The van der Waals surface area contributed by atoms with E-state index in [-0.39, 0.29) is 11.3 Å². The number of ether oxygens (including phenoxy) is 1. The van der Waals surface area contributed by atoms with Crippen LogP contribution in [-0.2, 0) is 0 Å². The molecule has 120 valence electrons. The third kappa shape index (κ3) is 2.22. The molecule has 1 N–H and O–H groups in total. The van der Waals surface area contributed by atoms with Gasteiger partial charge in [0.25, 0.3) is 5.91 Å². The third-order valence-electron chi connectivity index (χ3n) is 6.53. The highest BCUT2D eigenvalue weighted by Crippen LogP contribution is 2.65. The molecule has 3 nitrogen and oxygen atoms in total. The first kappa shape index (κ1) is 15.4. The van der Waals surface area contributed by atoms with Gasteiger partial charge >= 0.3 is 0 Å². The number of nitrogens with one attached hydrogen (secondary N) is 1. The summed E-state index contributed by atoms with van der Waals surface area (Å²) < 4.78 is 5.43. The minimum atomic E-state index is 0.0395. The fourth-order valence-electron chi connectivity index (χ4n) is 4.53. The minimum Gasteiger partial charge on any atom is -0.494 e. The first-order valence-electron chi connectivity index (χ1n) is 8.42. The first-order valence-corrected chi connectivity index (χ1v) is 8.42. The maximum absolute atomic E-state index is 12.5. The fourth-order valence-corrected chi connectivity index (χ4v) is 4.53. The molecule has 22 heavy (non-hydrogen) atoms. The zero-order valence-electron chi connectivity index (χ0n) is 14.1. The van der Waals surface area contributed by atoms with Gasteiger partial charge in [0, 0.05) is 11.6 Å². The van der Waals surface area contributed by atoms with Gasteiger partial charge in [0.05, 0.1) is 6.61 Å². The molecule has 0 unspecified atom stereocenters. The molecule has 0 aliphatic heterocycles. The lowest BCUT2D eigenvalue weighted by Gasteiger charge is -2.39. The number of carbonyl (C=O) groups excluding carboxylic acids is 1. The van der Waals surface area contributed by atoms with Crippen molar-refractivity contribution in [2.45, 2.75) is 53.0 Å². The smallest absolute Gasteiger partial charge is 0.251 e. The predicted octanol–water partition coefficient (Wildman–Crippen LogP) is 4.03. The van der Waals surface area contributed by atoms with E-state index in [1.807, 2.05) is 31.2 Å². The Morgan fingerprint density at radius 2 is 1.95 bits per heavy atom. The molecule has 3 heteroatoms. The number of hydrogen-bond donors (Lipinski definition) is 1. The van der Waals surface area contributed by atoms with Gasteiger partial charge in [-0.15, -0.1) is 0 Å². The van der Waals surface area contributed by atoms with Crippen molar-refractivity contribution in [3.05, 3.63) is 29.8 Å². The monoisotopic (exact) mass is 301 g/mol. The van der Waals surface area contributed by atoms with Crippen LogP contribution >= 0.6 is 0 Å². The summed E-state index contributed by atoms with van der Waals surface area (Å²) in [5.74, 6) is 1.59. The minimum absolute atomic E-state index is 0.0395. The lowest BCUT2D eigenvalue weighted by Crippen LogP contribution is -2.46. The molecule has 2 fully saturated rings. The summed E-state index contributed by atoms with van der Waals surface area (Å²) in [6, 6.07) is 7.72. The fraction of sp³-hybridized carbons (Fsp3) is 0.632. The average molecular weight is 301 g/mol. The van der Waals surface area contributed by atoms with Crippen LogP contribution in [0, 0.1) is 16.7 Å². The van der Waals surface area contributed by atoms with Crippen molar-refractivity contribution in [1.29, 1.82) is 0 Å². The van der Waals surface area contributed by atoms with Gasteiger partial charge < -0.3 is 10.1 Å². The van der Waals surface area contributed by atoms with Crippen LogP contribution in [0.4, 0.5) is 0 Å². The lowest BCUT2D eigenvalue weighted by molar-refractivity contribution is 0.0826. The zero-order chi connectivity index (χ0) is 16.0. The topological polar surface area (TPSA) is 38.3 Å². The van der Waals surface area contributed by atoms with E-state index in [2.05, 4.69) is 26.1 Å². The molecule has 0 spiro atoms. The summed E-state index contributed by atoms with van der Waals surface area (Å²) in [4.78, 5) is 12.5. The quantitative estimate of drug-likeness (QED) is 0.912. The van der Waals surface area contributed by atoms with Gasteiger partial charge in [0.15, 0.2) is 0 Å². The predicted molar refractivity (Wildman–Crippen MR) is 88.1 cm³/mol. The van der Waals surface area contributed by atoms with Crippen LogP contribution in [0.1, 0.15) is 57.3 Å². The third-order valence-corrected chi connectivity index (χ3v) is 6.53. The van der Waals surface area contributed by atoms with Crippen LogP contribution in [0.3, 0.4) is 0 Å². The van der Waals surface area contributed by atoms with Crippen LogP contribution in [0.5, 0.6) is 5.75 Å². The van der Waals surface area contributed by atoms with Crippen LogP contribution in [0.2, 0.25) is 0 Å². The average Bonchev–Trinajstić information content (AvgIpc) is 2.81. The van der Waals surface area contributed by atoms with Crippen LogP contribution in [-0.4, -0.2) is 18.6 Å². The highest BCUT2D eigenvalue weighted by Gasteiger charge is 2.61. The molecular formula is C19H27NO2. The Bertz CT molecular complexity index is 563. The van der Waals surface area contributed by atoms with E-state index in [0.29, 0.717) is 23.6 Å². The summed E-state index contributed by atoms with van der Waals surface area (Å²) in [5, 5.41) is 3.29. The van der Waals surface area contributed by atoms with Gasteiger partial charge in [-0.25, -0.2) is 0 Å². The summed E-state index contributed by atoms with van der Waals surface area (Å²) in [7, 11) is 0. The largest absolute Gasteiger partial charge is 0.494 e. The van der Waals surface area contributed by atoms with Crippen molar-refractivity contribution in [3.63, 3.8) is 0 Å². The molecule has 2 bridgehead atoms. The van der Waals surface area contributed by atoms with Crippen molar-refractivity contribution in [1.82, 2.24) is 5.32 Å². The molecule has 1 aromatic rings. The molecule has 1 amide bonds. The maximum atomic E-state index is 12.5. The first-order chi connectivity index (χ1) is 10.4. The Balaban J connectivity index is 1.70. The summed E-state index contributed by atoms with van der Waals surface area (Å²) >= 11 is 0. The Hall–Kier alpha value is -1.51. The van der Waals surface area contributed by atoms with Crippen LogP contribution in [0.15, 0.2) is 24.3 Å². The second-order valence-corrected chi connectivity index (χ2v) is 7.59. The highest BCUT2D eigenvalue weighted by atomic mass is 16.5. The van der Waals surface area contributed by atoms with E-state index in [1.54, 1.807) is 0 Å². The molecular weight excluding hydrogens is 274 g/mol. The normalized spacial score (nSPS) is 32.0. The van der Waals surface area contributed by atoms with Crippen molar-refractivity contribution < 1.29 is 9.53 Å². The molecule has 3 rings (SSSR count). The van der Waals surface area contributed by atoms with Crippen molar-refractivity contribution in [3.8, 4) is 5.75 Å². The van der Waals surface area contributed by atoms with Crippen molar-refractivity contribution in [2.24, 2.45) is 16.7 Å². The van der Waals surface area contributed by atoms with E-state index in [4.69, 9.17) is 4.74 Å². The molecule has 0 heterocycles.